The van der Waals surface area contributed by atoms with Crippen molar-refractivity contribution in [2.75, 3.05) is 6.61 Å². The average Bonchev–Trinajstić information content (AvgIpc) is 3.09. The highest BCUT2D eigenvalue weighted by atomic mass is 16.3. The van der Waals surface area contributed by atoms with E-state index in [1.54, 1.807) is 0 Å². The van der Waals surface area contributed by atoms with E-state index < -0.39 is 5.60 Å². The van der Waals surface area contributed by atoms with E-state index >= 15 is 0 Å². The van der Waals surface area contributed by atoms with Crippen LogP contribution in [0.3, 0.4) is 0 Å². The maximum absolute atomic E-state index is 10.9. The van der Waals surface area contributed by atoms with Gasteiger partial charge >= 0.3 is 0 Å². The maximum Gasteiger partial charge on any atom is 0.129 e. The van der Waals surface area contributed by atoms with E-state index in [0.29, 0.717) is 17.8 Å². The summed E-state index contributed by atoms with van der Waals surface area (Å²) in [5.74, 6) is 2.47. The Morgan fingerprint density at radius 2 is 2.17 bits per heavy atom. The SMILES string of the molecule is C[C@]12C=Cc3occc3[C@@H]1CC[C@@]13C[C@@H](CC[C@@H]12)[C@](O)(CO)C3. The van der Waals surface area contributed by atoms with Crippen LogP contribution in [0.5, 0.6) is 0 Å². The van der Waals surface area contributed by atoms with Crippen molar-refractivity contribution in [2.45, 2.75) is 57.0 Å². The number of furan rings is 1. The lowest BCUT2D eigenvalue weighted by molar-refractivity contribution is -0.0517. The van der Waals surface area contributed by atoms with Crippen LogP contribution in [0.15, 0.2) is 22.8 Å². The first-order valence-electron chi connectivity index (χ1n) is 9.11. The minimum atomic E-state index is -0.836. The summed E-state index contributed by atoms with van der Waals surface area (Å²) < 4.78 is 5.64. The fraction of sp³-hybridized carbons (Fsp3) is 0.700. The summed E-state index contributed by atoms with van der Waals surface area (Å²) in [5, 5.41) is 20.7. The second kappa shape index (κ2) is 4.31. The lowest BCUT2D eigenvalue weighted by Gasteiger charge is -2.58. The molecule has 0 saturated heterocycles. The zero-order valence-electron chi connectivity index (χ0n) is 13.8. The standard InChI is InChI=1S/C20H26O3/c1-18-7-5-16-14(6-9-23-16)15(18)4-8-19-10-13(2-3-17(18)19)20(22,11-19)12-21/h5-7,9,13,15,17,21-22H,2-4,8,10-12H2,1H3/t13-,15+,17-,18+,19+,20-/m1/s1. The molecule has 0 aliphatic heterocycles. The Balaban J connectivity index is 1.58. The first-order chi connectivity index (χ1) is 11.0. The van der Waals surface area contributed by atoms with Crippen LogP contribution >= 0.6 is 0 Å². The molecule has 3 saturated carbocycles. The van der Waals surface area contributed by atoms with Gasteiger partial charge in [-0.2, -0.15) is 0 Å². The summed E-state index contributed by atoms with van der Waals surface area (Å²) in [6.07, 6.45) is 12.9. The van der Waals surface area contributed by atoms with Gasteiger partial charge in [0.05, 0.1) is 18.5 Å². The predicted octanol–water partition coefficient (Wildman–Crippen LogP) is 3.72. The van der Waals surface area contributed by atoms with E-state index in [-0.39, 0.29) is 17.4 Å². The molecule has 0 radical (unpaired) electrons. The van der Waals surface area contributed by atoms with Crippen LogP contribution in [0.1, 0.15) is 62.7 Å². The zero-order chi connectivity index (χ0) is 15.9. The van der Waals surface area contributed by atoms with Gasteiger partial charge in [-0.1, -0.05) is 13.0 Å². The van der Waals surface area contributed by atoms with Crippen LogP contribution in [0.2, 0.25) is 0 Å². The van der Waals surface area contributed by atoms with Gasteiger partial charge in [-0.3, -0.25) is 0 Å². The third kappa shape index (κ3) is 1.63. The van der Waals surface area contributed by atoms with E-state index in [2.05, 4.69) is 25.1 Å². The van der Waals surface area contributed by atoms with Gasteiger partial charge in [-0.05, 0) is 79.3 Å². The molecular weight excluding hydrogens is 288 g/mol. The Hall–Kier alpha value is -1.06. The van der Waals surface area contributed by atoms with Crippen molar-refractivity contribution in [1.82, 2.24) is 0 Å². The van der Waals surface area contributed by atoms with Gasteiger partial charge in [-0.25, -0.2) is 0 Å². The third-order valence-electron chi connectivity index (χ3n) is 8.02. The highest BCUT2D eigenvalue weighted by Gasteiger charge is 2.65. The van der Waals surface area contributed by atoms with Crippen LogP contribution in [0.25, 0.3) is 6.08 Å². The Morgan fingerprint density at radius 1 is 1.30 bits per heavy atom. The van der Waals surface area contributed by atoms with E-state index in [0.717, 1.165) is 31.4 Å². The van der Waals surface area contributed by atoms with E-state index in [1.165, 1.54) is 18.4 Å². The van der Waals surface area contributed by atoms with Crippen molar-refractivity contribution in [3.8, 4) is 0 Å². The highest BCUT2D eigenvalue weighted by molar-refractivity contribution is 5.55. The summed E-state index contributed by atoms with van der Waals surface area (Å²) in [7, 11) is 0. The van der Waals surface area contributed by atoms with Crippen molar-refractivity contribution in [3.63, 3.8) is 0 Å². The number of aliphatic hydroxyl groups excluding tert-OH is 1. The molecule has 1 spiro atoms. The normalized spacial score (nSPS) is 50.3. The molecule has 1 heterocycles. The van der Waals surface area contributed by atoms with Crippen molar-refractivity contribution in [2.24, 2.45) is 22.7 Å². The maximum atomic E-state index is 10.9. The fourth-order valence-corrected chi connectivity index (χ4v) is 7.06. The van der Waals surface area contributed by atoms with Gasteiger partial charge in [0.1, 0.15) is 5.76 Å². The van der Waals surface area contributed by atoms with Crippen LogP contribution in [0, 0.1) is 22.7 Å². The largest absolute Gasteiger partial charge is 0.465 e. The molecule has 4 aliphatic carbocycles. The van der Waals surface area contributed by atoms with Crippen molar-refractivity contribution < 1.29 is 14.6 Å². The minimum Gasteiger partial charge on any atom is -0.465 e. The summed E-state index contributed by atoms with van der Waals surface area (Å²) in [4.78, 5) is 0. The van der Waals surface area contributed by atoms with Crippen molar-refractivity contribution in [1.29, 1.82) is 0 Å². The molecule has 6 atom stereocenters. The van der Waals surface area contributed by atoms with Gasteiger partial charge in [0.2, 0.25) is 0 Å². The fourth-order valence-electron chi connectivity index (χ4n) is 7.06. The first kappa shape index (κ1) is 14.3. The molecule has 23 heavy (non-hydrogen) atoms. The van der Waals surface area contributed by atoms with E-state index in [1.807, 2.05) is 6.26 Å². The predicted molar refractivity (Wildman–Crippen MR) is 87.7 cm³/mol. The van der Waals surface area contributed by atoms with Crippen molar-refractivity contribution >= 4 is 6.08 Å². The smallest absolute Gasteiger partial charge is 0.129 e. The van der Waals surface area contributed by atoms with Gasteiger partial charge in [0, 0.05) is 5.56 Å². The van der Waals surface area contributed by atoms with Gasteiger partial charge < -0.3 is 14.6 Å². The molecule has 3 heteroatoms. The molecule has 5 rings (SSSR count). The molecular formula is C20H26O3. The number of rotatable bonds is 1. The molecule has 124 valence electrons. The highest BCUT2D eigenvalue weighted by Crippen LogP contribution is 2.71. The summed E-state index contributed by atoms with van der Waals surface area (Å²) in [5.41, 5.74) is 0.914. The number of hydrogen-bond donors (Lipinski definition) is 2. The zero-order valence-corrected chi connectivity index (χ0v) is 13.8. The molecule has 3 nitrogen and oxygen atoms in total. The van der Waals surface area contributed by atoms with E-state index in [9.17, 15) is 10.2 Å². The van der Waals surface area contributed by atoms with Crippen LogP contribution in [-0.2, 0) is 0 Å². The molecule has 1 aromatic rings. The summed E-state index contributed by atoms with van der Waals surface area (Å²) in [6, 6.07) is 2.16. The Bertz CT molecular complexity index is 676. The molecule has 0 unspecified atom stereocenters. The third-order valence-corrected chi connectivity index (χ3v) is 8.02. The van der Waals surface area contributed by atoms with Gasteiger partial charge in [0.15, 0.2) is 0 Å². The number of allylic oxidation sites excluding steroid dienone is 1. The van der Waals surface area contributed by atoms with E-state index in [4.69, 9.17) is 4.42 Å². The molecule has 0 aromatic carbocycles. The first-order valence-corrected chi connectivity index (χ1v) is 9.11. The lowest BCUT2D eigenvalue weighted by Crippen LogP contribution is -2.49. The number of aliphatic hydroxyl groups is 2. The molecule has 2 bridgehead atoms. The summed E-state index contributed by atoms with van der Waals surface area (Å²) >= 11 is 0. The monoisotopic (exact) mass is 314 g/mol. The average molecular weight is 314 g/mol. The van der Waals surface area contributed by atoms with Crippen LogP contribution < -0.4 is 0 Å². The Morgan fingerprint density at radius 3 is 3.00 bits per heavy atom. The quantitative estimate of drug-likeness (QED) is 0.830. The Kier molecular flexibility index (Phi) is 2.68. The second-order valence-corrected chi connectivity index (χ2v) is 8.86. The molecule has 3 fully saturated rings. The topological polar surface area (TPSA) is 53.6 Å². The molecule has 2 N–H and O–H groups in total. The molecule has 0 amide bonds. The Labute approximate surface area is 137 Å². The lowest BCUT2D eigenvalue weighted by atomic mass is 9.46. The minimum absolute atomic E-state index is 0.0754. The van der Waals surface area contributed by atoms with Crippen LogP contribution in [0.4, 0.5) is 0 Å². The van der Waals surface area contributed by atoms with Gasteiger partial charge in [-0.15, -0.1) is 0 Å². The molecule has 4 aliphatic rings. The number of hydrogen-bond acceptors (Lipinski definition) is 3. The van der Waals surface area contributed by atoms with Gasteiger partial charge in [0.25, 0.3) is 0 Å². The second-order valence-electron chi connectivity index (χ2n) is 8.86. The van der Waals surface area contributed by atoms with Crippen molar-refractivity contribution in [3.05, 3.63) is 29.7 Å². The molecule has 1 aromatic heterocycles. The van der Waals surface area contributed by atoms with Crippen LogP contribution in [-0.4, -0.2) is 22.4 Å². The number of fused-ring (bicyclic) bond motifs is 5. The summed E-state index contributed by atoms with van der Waals surface area (Å²) in [6.45, 7) is 2.35.